The third-order valence-electron chi connectivity index (χ3n) is 4.87. The van der Waals surface area contributed by atoms with Gasteiger partial charge in [-0.15, -0.1) is 0 Å². The summed E-state index contributed by atoms with van der Waals surface area (Å²) in [6, 6.07) is 10.1. The summed E-state index contributed by atoms with van der Waals surface area (Å²) in [6.45, 7) is 3.14. The maximum absolute atomic E-state index is 13.7. The number of carbonyl (C=O) groups is 1. The highest BCUT2D eigenvalue weighted by Gasteiger charge is 2.24. The fourth-order valence-electron chi connectivity index (χ4n) is 3.49. The Kier molecular flexibility index (Phi) is 5.13. The number of benzene rings is 1. The number of nitrogens with one attached hydrogen (secondary N) is 2. The molecule has 1 atom stereocenters. The van der Waals surface area contributed by atoms with Crippen LogP contribution in [-0.2, 0) is 4.74 Å². The van der Waals surface area contributed by atoms with Gasteiger partial charge in [-0.2, -0.15) is 0 Å². The van der Waals surface area contributed by atoms with Crippen LogP contribution in [-0.4, -0.2) is 53.6 Å². The fraction of sp³-hybridized carbons (Fsp3) is 0.300. The molecule has 27 heavy (non-hydrogen) atoms. The molecule has 3 heterocycles. The molecule has 0 aliphatic carbocycles. The van der Waals surface area contributed by atoms with Gasteiger partial charge in [0.1, 0.15) is 11.5 Å². The van der Waals surface area contributed by atoms with Gasteiger partial charge in [0.25, 0.3) is 5.91 Å². The molecule has 0 radical (unpaired) electrons. The summed E-state index contributed by atoms with van der Waals surface area (Å²) in [4.78, 5) is 22.2. The van der Waals surface area contributed by atoms with Crippen molar-refractivity contribution in [2.24, 2.45) is 0 Å². The van der Waals surface area contributed by atoms with Crippen LogP contribution in [0.5, 0.6) is 0 Å². The van der Waals surface area contributed by atoms with E-state index >= 15 is 0 Å². The predicted octanol–water partition coefficient (Wildman–Crippen LogP) is 2.51. The Hall–Kier alpha value is -2.77. The van der Waals surface area contributed by atoms with E-state index in [-0.39, 0.29) is 17.8 Å². The normalized spacial score (nSPS) is 16.3. The van der Waals surface area contributed by atoms with Gasteiger partial charge in [0.2, 0.25) is 0 Å². The zero-order valence-electron chi connectivity index (χ0n) is 14.8. The minimum absolute atomic E-state index is 0.114. The topological polar surface area (TPSA) is 70.2 Å². The van der Waals surface area contributed by atoms with E-state index in [1.807, 2.05) is 12.1 Å². The van der Waals surface area contributed by atoms with Crippen LogP contribution in [0.4, 0.5) is 4.39 Å². The Morgan fingerprint density at radius 1 is 1.30 bits per heavy atom. The Balaban J connectivity index is 1.53. The number of nitrogens with zero attached hydrogens (tertiary/aromatic N) is 2. The minimum Gasteiger partial charge on any atom is -0.379 e. The summed E-state index contributed by atoms with van der Waals surface area (Å²) >= 11 is 0. The van der Waals surface area contributed by atoms with Crippen molar-refractivity contribution in [1.82, 2.24) is 20.2 Å². The van der Waals surface area contributed by atoms with Crippen molar-refractivity contribution in [3.8, 4) is 0 Å². The highest BCUT2D eigenvalue weighted by molar-refractivity contribution is 6.05. The largest absolute Gasteiger partial charge is 0.379 e. The smallest absolute Gasteiger partial charge is 0.253 e. The van der Waals surface area contributed by atoms with Crippen LogP contribution in [0.25, 0.3) is 11.0 Å². The van der Waals surface area contributed by atoms with E-state index in [1.54, 1.807) is 24.5 Å². The number of aromatic nitrogens is 2. The zero-order valence-corrected chi connectivity index (χ0v) is 14.8. The molecule has 140 valence electrons. The second-order valence-corrected chi connectivity index (χ2v) is 6.53. The molecule has 7 heteroatoms. The average Bonchev–Trinajstić information content (AvgIpc) is 3.13. The summed E-state index contributed by atoms with van der Waals surface area (Å²) in [5.74, 6) is -0.455. The van der Waals surface area contributed by atoms with E-state index in [0.717, 1.165) is 24.0 Å². The lowest BCUT2D eigenvalue weighted by atomic mass is 10.0. The number of carbonyl (C=O) groups excluding carboxylic acids is 1. The number of rotatable bonds is 5. The Bertz CT molecular complexity index is 936. The summed E-state index contributed by atoms with van der Waals surface area (Å²) < 4.78 is 19.2. The molecule has 0 saturated carbocycles. The predicted molar refractivity (Wildman–Crippen MR) is 100.0 cm³/mol. The number of pyridine rings is 1. The van der Waals surface area contributed by atoms with Gasteiger partial charge in [-0.25, -0.2) is 9.37 Å². The monoisotopic (exact) mass is 368 g/mol. The summed E-state index contributed by atoms with van der Waals surface area (Å²) in [7, 11) is 0. The van der Waals surface area contributed by atoms with E-state index in [1.165, 1.54) is 12.1 Å². The molecule has 3 aromatic rings. The lowest BCUT2D eigenvalue weighted by molar-refractivity contribution is 0.0162. The van der Waals surface area contributed by atoms with Gasteiger partial charge in [-0.3, -0.25) is 9.69 Å². The molecule has 4 rings (SSSR count). The molecule has 0 bridgehead atoms. The van der Waals surface area contributed by atoms with Gasteiger partial charge in [0.05, 0.1) is 24.8 Å². The molecule has 1 aromatic carbocycles. The summed E-state index contributed by atoms with van der Waals surface area (Å²) in [5, 5.41) is 3.78. The Morgan fingerprint density at radius 2 is 2.15 bits per heavy atom. The first kappa shape index (κ1) is 17.6. The number of aromatic amines is 1. The van der Waals surface area contributed by atoms with Gasteiger partial charge in [0.15, 0.2) is 0 Å². The third kappa shape index (κ3) is 3.84. The van der Waals surface area contributed by atoms with Crippen LogP contribution in [0.2, 0.25) is 0 Å². The molecular weight excluding hydrogens is 347 g/mol. The highest BCUT2D eigenvalue weighted by Crippen LogP contribution is 2.23. The van der Waals surface area contributed by atoms with Crippen molar-refractivity contribution in [2.45, 2.75) is 6.04 Å². The second kappa shape index (κ2) is 7.85. The minimum atomic E-state index is -0.278. The van der Waals surface area contributed by atoms with Crippen LogP contribution in [0, 0.1) is 5.82 Å². The van der Waals surface area contributed by atoms with Crippen molar-refractivity contribution in [2.75, 3.05) is 32.8 Å². The van der Waals surface area contributed by atoms with Gasteiger partial charge in [-0.05, 0) is 29.8 Å². The van der Waals surface area contributed by atoms with Crippen molar-refractivity contribution >= 4 is 16.9 Å². The van der Waals surface area contributed by atoms with E-state index in [2.05, 4.69) is 20.2 Å². The summed E-state index contributed by atoms with van der Waals surface area (Å²) in [6.07, 6.45) is 3.35. The quantitative estimate of drug-likeness (QED) is 0.726. The Labute approximate surface area is 156 Å². The molecule has 0 spiro atoms. The van der Waals surface area contributed by atoms with Crippen molar-refractivity contribution in [1.29, 1.82) is 0 Å². The first-order valence-corrected chi connectivity index (χ1v) is 9.00. The summed E-state index contributed by atoms with van der Waals surface area (Å²) in [5.41, 5.74) is 2.08. The van der Waals surface area contributed by atoms with Crippen LogP contribution < -0.4 is 5.32 Å². The molecule has 1 unspecified atom stereocenters. The molecule has 1 aliphatic heterocycles. The van der Waals surface area contributed by atoms with Gasteiger partial charge in [-0.1, -0.05) is 12.1 Å². The van der Waals surface area contributed by atoms with Gasteiger partial charge in [0, 0.05) is 37.4 Å². The number of morpholine rings is 1. The van der Waals surface area contributed by atoms with Crippen molar-refractivity contribution in [3.63, 3.8) is 0 Å². The highest BCUT2D eigenvalue weighted by atomic mass is 19.1. The standard InChI is InChI=1S/C20H21FN4O2/c21-15-4-1-3-14(11-15)18(25-7-9-27-10-8-25)13-24-20(26)17-12-23-19-16(17)5-2-6-22-19/h1-6,11-12,18H,7-10,13H2,(H,22,23)(H,24,26). The average molecular weight is 368 g/mol. The lowest BCUT2D eigenvalue weighted by Gasteiger charge is -2.35. The van der Waals surface area contributed by atoms with Gasteiger partial charge < -0.3 is 15.0 Å². The number of amides is 1. The number of hydrogen-bond acceptors (Lipinski definition) is 4. The number of halogens is 1. The number of fused-ring (bicyclic) bond motifs is 1. The molecule has 1 fully saturated rings. The van der Waals surface area contributed by atoms with Crippen LogP contribution in [0.15, 0.2) is 48.8 Å². The maximum Gasteiger partial charge on any atom is 0.253 e. The Morgan fingerprint density at radius 3 is 2.96 bits per heavy atom. The SMILES string of the molecule is O=C(NCC(c1cccc(F)c1)N1CCOCC1)c1c[nH]c2ncccc12. The number of H-pyrrole nitrogens is 1. The van der Waals surface area contributed by atoms with E-state index < -0.39 is 0 Å². The molecule has 6 nitrogen and oxygen atoms in total. The van der Waals surface area contributed by atoms with Gasteiger partial charge >= 0.3 is 0 Å². The molecule has 2 aromatic heterocycles. The molecule has 2 N–H and O–H groups in total. The van der Waals surface area contributed by atoms with Crippen LogP contribution in [0.1, 0.15) is 22.0 Å². The number of ether oxygens (including phenoxy) is 1. The molecule has 1 amide bonds. The first-order chi connectivity index (χ1) is 13.2. The van der Waals surface area contributed by atoms with E-state index in [9.17, 15) is 9.18 Å². The molecule has 1 saturated heterocycles. The zero-order chi connectivity index (χ0) is 18.6. The lowest BCUT2D eigenvalue weighted by Crippen LogP contribution is -2.43. The first-order valence-electron chi connectivity index (χ1n) is 9.00. The van der Waals surface area contributed by atoms with Crippen LogP contribution in [0.3, 0.4) is 0 Å². The van der Waals surface area contributed by atoms with E-state index in [0.29, 0.717) is 31.0 Å². The fourth-order valence-corrected chi connectivity index (χ4v) is 3.49. The van der Waals surface area contributed by atoms with Crippen molar-refractivity contribution in [3.05, 3.63) is 65.7 Å². The van der Waals surface area contributed by atoms with E-state index in [4.69, 9.17) is 4.74 Å². The van der Waals surface area contributed by atoms with Crippen LogP contribution >= 0.6 is 0 Å². The maximum atomic E-state index is 13.7. The van der Waals surface area contributed by atoms with Crippen molar-refractivity contribution < 1.29 is 13.9 Å². The number of hydrogen-bond donors (Lipinski definition) is 2. The second-order valence-electron chi connectivity index (χ2n) is 6.53. The molecular formula is C20H21FN4O2. The molecule has 1 aliphatic rings. The third-order valence-corrected chi connectivity index (χ3v) is 4.87.